The molecule has 1 saturated heterocycles. The van der Waals surface area contributed by atoms with E-state index < -0.39 is 16.9 Å². The maximum Gasteiger partial charge on any atom is 0.366 e. The smallest absolute Gasteiger partial charge is 0.366 e. The molecule has 0 amide bonds. The Labute approximate surface area is 152 Å². The number of rotatable bonds is 3. The van der Waals surface area contributed by atoms with Crippen molar-refractivity contribution in [3.63, 3.8) is 0 Å². The number of nitrogens with zero attached hydrogens (tertiary/aromatic N) is 5. The quantitative estimate of drug-likeness (QED) is 0.680. The van der Waals surface area contributed by atoms with Crippen molar-refractivity contribution in [1.82, 2.24) is 30.1 Å². The van der Waals surface area contributed by atoms with Gasteiger partial charge in [0, 0.05) is 38.4 Å². The van der Waals surface area contributed by atoms with E-state index in [0.717, 1.165) is 30.6 Å². The van der Waals surface area contributed by atoms with E-state index in [9.17, 15) is 14.0 Å². The van der Waals surface area contributed by atoms with Crippen LogP contribution in [0.1, 0.15) is 18.9 Å². The third kappa shape index (κ3) is 2.64. The van der Waals surface area contributed by atoms with Gasteiger partial charge in [0.25, 0.3) is 0 Å². The van der Waals surface area contributed by atoms with Gasteiger partial charge in [0.15, 0.2) is 0 Å². The second kappa shape index (κ2) is 6.02. The lowest BCUT2D eigenvalue weighted by Gasteiger charge is -2.30. The normalized spacial score (nSPS) is 17.6. The number of piperazine rings is 1. The number of hydrogen-bond acceptors (Lipinski definition) is 6. The van der Waals surface area contributed by atoms with Crippen LogP contribution < -0.4 is 21.3 Å². The number of fused-ring (bicyclic) bond motifs is 1. The van der Waals surface area contributed by atoms with Crippen molar-refractivity contribution in [2.45, 2.75) is 18.9 Å². The van der Waals surface area contributed by atoms with Gasteiger partial charge in [-0.25, -0.2) is 14.3 Å². The molecule has 27 heavy (non-hydrogen) atoms. The Morgan fingerprint density at radius 2 is 1.89 bits per heavy atom. The van der Waals surface area contributed by atoms with E-state index in [0.29, 0.717) is 24.3 Å². The molecule has 140 valence electrons. The van der Waals surface area contributed by atoms with Gasteiger partial charge in [-0.15, -0.1) is 0 Å². The number of hydrogen-bond donors (Lipinski definition) is 2. The number of aromatic nitrogens is 5. The minimum atomic E-state index is -0.605. The van der Waals surface area contributed by atoms with Gasteiger partial charge in [0.2, 0.25) is 5.43 Å². The number of nitrogens with one attached hydrogen (secondary N) is 2. The Balaban J connectivity index is 1.76. The van der Waals surface area contributed by atoms with E-state index in [1.165, 1.54) is 6.07 Å². The zero-order valence-corrected chi connectivity index (χ0v) is 14.5. The van der Waals surface area contributed by atoms with Crippen molar-refractivity contribution in [3.05, 3.63) is 44.9 Å². The number of pyridine rings is 1. The first-order valence-corrected chi connectivity index (χ1v) is 8.98. The van der Waals surface area contributed by atoms with Crippen molar-refractivity contribution in [3.8, 4) is 5.69 Å². The van der Waals surface area contributed by atoms with Gasteiger partial charge < -0.3 is 14.8 Å². The minimum Gasteiger partial charge on any atom is -0.367 e. The zero-order chi connectivity index (χ0) is 18.5. The average Bonchev–Trinajstić information content (AvgIpc) is 3.44. The fourth-order valence-electron chi connectivity index (χ4n) is 3.65. The average molecular weight is 371 g/mol. The molecule has 10 heteroatoms. The van der Waals surface area contributed by atoms with Crippen LogP contribution in [0.2, 0.25) is 0 Å². The van der Waals surface area contributed by atoms with Crippen LogP contribution in [0, 0.1) is 5.82 Å². The van der Waals surface area contributed by atoms with E-state index in [4.69, 9.17) is 0 Å². The molecule has 0 spiro atoms. The first-order chi connectivity index (χ1) is 13.1. The molecule has 0 bridgehead atoms. The standard InChI is InChI=1S/C17H18FN7O2/c18-12-7-11-13(8-14(12)23-5-3-19-4-6-23)24(10-1-2-10)9-15(16(11)26)25-17(27)20-21-22-25/h7-10,19H,1-6H2,(H,20,22,27). The van der Waals surface area contributed by atoms with Crippen molar-refractivity contribution in [2.24, 2.45) is 0 Å². The highest BCUT2D eigenvalue weighted by Crippen LogP contribution is 2.38. The lowest BCUT2D eigenvalue weighted by Crippen LogP contribution is -2.43. The molecule has 0 radical (unpaired) electrons. The van der Waals surface area contributed by atoms with Gasteiger partial charge in [-0.3, -0.25) is 4.79 Å². The minimum absolute atomic E-state index is 0.0717. The highest BCUT2D eigenvalue weighted by Gasteiger charge is 2.27. The number of anilines is 1. The second-order valence-corrected chi connectivity index (χ2v) is 6.96. The summed E-state index contributed by atoms with van der Waals surface area (Å²) in [7, 11) is 0. The van der Waals surface area contributed by atoms with Crippen molar-refractivity contribution >= 4 is 16.6 Å². The molecule has 1 saturated carbocycles. The van der Waals surface area contributed by atoms with Crippen molar-refractivity contribution in [1.29, 1.82) is 0 Å². The van der Waals surface area contributed by atoms with Gasteiger partial charge in [-0.2, -0.15) is 4.68 Å². The number of aromatic amines is 1. The Morgan fingerprint density at radius 3 is 2.56 bits per heavy atom. The monoisotopic (exact) mass is 371 g/mol. The maximum absolute atomic E-state index is 14.9. The Morgan fingerprint density at radius 1 is 1.11 bits per heavy atom. The molecule has 1 aromatic carbocycles. The maximum atomic E-state index is 14.9. The third-order valence-corrected chi connectivity index (χ3v) is 5.18. The fraction of sp³-hybridized carbons (Fsp3) is 0.412. The van der Waals surface area contributed by atoms with Gasteiger partial charge in [0.05, 0.1) is 16.6 Å². The molecule has 1 aliphatic heterocycles. The summed E-state index contributed by atoms with van der Waals surface area (Å²) >= 11 is 0. The van der Waals surface area contributed by atoms with Gasteiger partial charge in [-0.05, 0) is 35.4 Å². The van der Waals surface area contributed by atoms with Crippen LogP contribution in [0.5, 0.6) is 0 Å². The summed E-state index contributed by atoms with van der Waals surface area (Å²) in [6.45, 7) is 3.01. The van der Waals surface area contributed by atoms with Crippen LogP contribution in [-0.2, 0) is 0 Å². The number of halogens is 1. The third-order valence-electron chi connectivity index (χ3n) is 5.18. The van der Waals surface area contributed by atoms with E-state index in [1.807, 2.05) is 9.47 Å². The zero-order valence-electron chi connectivity index (χ0n) is 14.5. The van der Waals surface area contributed by atoms with Crippen LogP contribution in [0.15, 0.2) is 27.9 Å². The summed E-state index contributed by atoms with van der Waals surface area (Å²) in [5, 5.41) is 12.8. The highest BCUT2D eigenvalue weighted by molar-refractivity contribution is 5.85. The molecule has 3 heterocycles. The Hall–Kier alpha value is -3.01. The first-order valence-electron chi connectivity index (χ1n) is 8.98. The molecule has 2 aliphatic rings. The molecule has 0 unspecified atom stereocenters. The SMILES string of the molecule is O=c1c(-n2nn[nH]c2=O)cn(C2CC2)c2cc(N3CCNCC3)c(F)cc12. The van der Waals surface area contributed by atoms with E-state index in [2.05, 4.69) is 20.8 Å². The molecule has 2 aromatic heterocycles. The molecular weight excluding hydrogens is 353 g/mol. The largest absolute Gasteiger partial charge is 0.367 e. The number of H-pyrrole nitrogens is 1. The summed E-state index contributed by atoms with van der Waals surface area (Å²) in [6, 6.07) is 3.27. The van der Waals surface area contributed by atoms with Gasteiger partial charge in [-0.1, -0.05) is 0 Å². The molecule has 9 nitrogen and oxygen atoms in total. The molecule has 2 fully saturated rings. The van der Waals surface area contributed by atoms with E-state index in [-0.39, 0.29) is 17.1 Å². The summed E-state index contributed by atoms with van der Waals surface area (Å²) in [5.41, 5.74) is 0.208. The van der Waals surface area contributed by atoms with Crippen LogP contribution in [0.3, 0.4) is 0 Å². The molecule has 2 N–H and O–H groups in total. The van der Waals surface area contributed by atoms with Crippen LogP contribution in [0.25, 0.3) is 16.6 Å². The summed E-state index contributed by atoms with van der Waals surface area (Å²) in [4.78, 5) is 26.8. The predicted molar refractivity (Wildman–Crippen MR) is 97.1 cm³/mol. The lowest BCUT2D eigenvalue weighted by atomic mass is 10.1. The van der Waals surface area contributed by atoms with Gasteiger partial charge in [0.1, 0.15) is 11.5 Å². The highest BCUT2D eigenvalue weighted by atomic mass is 19.1. The molecular formula is C17H18FN7O2. The second-order valence-electron chi connectivity index (χ2n) is 6.96. The molecule has 1 aliphatic carbocycles. The first kappa shape index (κ1) is 16.2. The molecule has 0 atom stereocenters. The van der Waals surface area contributed by atoms with Crippen molar-refractivity contribution in [2.75, 3.05) is 31.1 Å². The fourth-order valence-corrected chi connectivity index (χ4v) is 3.65. The Bertz CT molecular complexity index is 1140. The molecule has 3 aromatic rings. The summed E-state index contributed by atoms with van der Waals surface area (Å²) in [6.07, 6.45) is 3.59. The Kier molecular flexibility index (Phi) is 3.61. The number of tetrazole rings is 1. The predicted octanol–water partition coefficient (Wildman–Crippen LogP) is 0.154. The number of benzene rings is 1. The summed E-state index contributed by atoms with van der Waals surface area (Å²) in [5.74, 6) is -0.437. The summed E-state index contributed by atoms with van der Waals surface area (Å²) < 4.78 is 17.7. The van der Waals surface area contributed by atoms with Crippen LogP contribution in [-0.4, -0.2) is 51.0 Å². The van der Waals surface area contributed by atoms with Crippen LogP contribution in [0.4, 0.5) is 10.1 Å². The van der Waals surface area contributed by atoms with E-state index in [1.54, 1.807) is 12.3 Å². The lowest BCUT2D eigenvalue weighted by molar-refractivity contribution is 0.567. The van der Waals surface area contributed by atoms with Gasteiger partial charge >= 0.3 is 5.69 Å². The van der Waals surface area contributed by atoms with E-state index >= 15 is 0 Å². The molecule has 5 rings (SSSR count). The van der Waals surface area contributed by atoms with Crippen molar-refractivity contribution < 1.29 is 4.39 Å². The topological polar surface area (TPSA) is 101 Å². The van der Waals surface area contributed by atoms with Crippen LogP contribution >= 0.6 is 0 Å².